The molecule has 0 rings (SSSR count). The van der Waals surface area contributed by atoms with Gasteiger partial charge in [-0.05, 0) is 11.3 Å². The summed E-state index contributed by atoms with van der Waals surface area (Å²) < 4.78 is 14.3. The van der Waals surface area contributed by atoms with E-state index in [9.17, 15) is 4.57 Å². The molecule has 0 aliphatic rings. The first-order chi connectivity index (χ1) is 4.95. The van der Waals surface area contributed by atoms with Crippen LogP contribution in [0.2, 0.25) is 0 Å². The van der Waals surface area contributed by atoms with Crippen LogP contribution in [0, 0.1) is 0 Å². The summed E-state index contributed by atoms with van der Waals surface area (Å²) in [5.74, 6) is 0. The smallest absolute Gasteiger partial charge is 0.303 e. The van der Waals surface area contributed by atoms with E-state index in [1.165, 1.54) is 0 Å². The highest BCUT2D eigenvalue weighted by Gasteiger charge is 2.12. The van der Waals surface area contributed by atoms with Crippen LogP contribution >= 0.6 is 20.0 Å². The zero-order chi connectivity index (χ0) is 8.91. The molecule has 0 aliphatic heterocycles. The Morgan fingerprint density at radius 3 is 2.55 bits per heavy atom. The summed E-state index contributed by atoms with van der Waals surface area (Å²) in [5, 5.41) is 0. The second-order valence-corrected chi connectivity index (χ2v) is 3.78. The first-order valence-electron chi connectivity index (χ1n) is 3.17. The zero-order valence-electron chi connectivity index (χ0n) is 6.19. The van der Waals surface area contributed by atoms with Gasteiger partial charge < -0.3 is 9.79 Å². The lowest BCUT2D eigenvalue weighted by molar-refractivity contribution is 0.202. The van der Waals surface area contributed by atoms with Gasteiger partial charge in [-0.15, -0.1) is 0 Å². The molecule has 4 nitrogen and oxygen atoms in total. The van der Waals surface area contributed by atoms with Crippen molar-refractivity contribution in [2.45, 2.75) is 19.8 Å². The van der Waals surface area contributed by atoms with Crippen LogP contribution < -0.4 is 0 Å². The highest BCUT2D eigenvalue weighted by atomic mass is 32.1. The molecule has 0 saturated carbocycles. The maximum absolute atomic E-state index is 10.1. The lowest BCUT2D eigenvalue weighted by Gasteiger charge is -2.03. The summed E-state index contributed by atoms with van der Waals surface area (Å²) in [6.45, 7) is 1.89. The van der Waals surface area contributed by atoms with Gasteiger partial charge >= 0.3 is 7.82 Å². The molecule has 0 unspecified atom stereocenters. The molecule has 66 valence electrons. The maximum Gasteiger partial charge on any atom is 0.469 e. The van der Waals surface area contributed by atoms with Crippen LogP contribution in [-0.2, 0) is 9.09 Å². The number of hydrogen-bond acceptors (Lipinski definition) is 3. The molecule has 0 fully saturated rings. The van der Waals surface area contributed by atoms with Crippen molar-refractivity contribution in [3.05, 3.63) is 0 Å². The number of thiocarbonyl (C=S) groups is 1. The van der Waals surface area contributed by atoms with E-state index < -0.39 is 7.82 Å². The van der Waals surface area contributed by atoms with Crippen LogP contribution in [-0.4, -0.2) is 21.3 Å². The average molecular weight is 198 g/mol. The molecule has 0 aromatic heterocycles. The summed E-state index contributed by atoms with van der Waals surface area (Å²) in [6.07, 6.45) is 1.16. The third-order valence-electron chi connectivity index (χ3n) is 1.03. The molecule has 6 heteroatoms. The fraction of sp³-hybridized carbons (Fsp3) is 0.800. The molecular formula is C5H11O4PS. The van der Waals surface area contributed by atoms with Crippen molar-refractivity contribution in [1.29, 1.82) is 0 Å². The van der Waals surface area contributed by atoms with Crippen molar-refractivity contribution in [1.82, 2.24) is 0 Å². The second-order valence-electron chi connectivity index (χ2n) is 1.97. The van der Waals surface area contributed by atoms with Crippen molar-refractivity contribution in [3.63, 3.8) is 0 Å². The predicted octanol–water partition coefficient (Wildman–Crippen LogP) is 1.27. The first-order valence-corrected chi connectivity index (χ1v) is 5.11. The quantitative estimate of drug-likeness (QED) is 0.514. The number of phosphoric acid groups is 1. The summed E-state index contributed by atoms with van der Waals surface area (Å²) in [4.78, 5) is 17.3. The van der Waals surface area contributed by atoms with Crippen molar-refractivity contribution in [3.8, 4) is 0 Å². The summed E-state index contributed by atoms with van der Waals surface area (Å²) in [5.41, 5.74) is 0. The molecule has 0 amide bonds. The minimum Gasteiger partial charge on any atom is -0.303 e. The highest BCUT2D eigenvalue weighted by molar-refractivity contribution is 7.80. The largest absolute Gasteiger partial charge is 0.469 e. The first kappa shape index (κ1) is 11.2. The minimum absolute atomic E-state index is 0.00302. The van der Waals surface area contributed by atoms with Gasteiger partial charge in [0.1, 0.15) is 0 Å². The minimum atomic E-state index is -4.29. The van der Waals surface area contributed by atoms with Crippen molar-refractivity contribution in [2.75, 3.05) is 6.61 Å². The maximum atomic E-state index is 10.1. The average Bonchev–Trinajstić information content (AvgIpc) is 1.85. The number of rotatable bonds is 5. The Labute approximate surface area is 70.8 Å². The van der Waals surface area contributed by atoms with Gasteiger partial charge in [-0.2, -0.15) is 0 Å². The van der Waals surface area contributed by atoms with Crippen molar-refractivity contribution < 1.29 is 18.9 Å². The molecule has 0 radical (unpaired) electrons. The van der Waals surface area contributed by atoms with Gasteiger partial charge in [0.2, 0.25) is 0 Å². The normalized spacial score (nSPS) is 11.5. The Morgan fingerprint density at radius 1 is 1.64 bits per heavy atom. The highest BCUT2D eigenvalue weighted by Crippen LogP contribution is 2.35. The predicted molar refractivity (Wildman–Crippen MR) is 45.5 cm³/mol. The monoisotopic (exact) mass is 198 g/mol. The van der Waals surface area contributed by atoms with Gasteiger partial charge in [0.25, 0.3) is 0 Å². The van der Waals surface area contributed by atoms with Gasteiger partial charge in [-0.3, -0.25) is 4.52 Å². The van der Waals surface area contributed by atoms with Crippen molar-refractivity contribution >= 4 is 24.9 Å². The zero-order valence-corrected chi connectivity index (χ0v) is 7.90. The molecule has 0 bridgehead atoms. The second kappa shape index (κ2) is 4.95. The molecule has 0 spiro atoms. The van der Waals surface area contributed by atoms with E-state index in [2.05, 4.69) is 4.52 Å². The van der Waals surface area contributed by atoms with Crippen LogP contribution in [0.3, 0.4) is 0 Å². The van der Waals surface area contributed by atoms with Gasteiger partial charge in [-0.1, -0.05) is 19.1 Å². The SMILES string of the molecule is CCC(=S)CCOP(=O)(O)O. The fourth-order valence-corrected chi connectivity index (χ4v) is 0.868. The summed E-state index contributed by atoms with van der Waals surface area (Å²) in [6, 6.07) is 0. The van der Waals surface area contributed by atoms with E-state index >= 15 is 0 Å². The van der Waals surface area contributed by atoms with Crippen LogP contribution in [0.15, 0.2) is 0 Å². The van der Waals surface area contributed by atoms with Gasteiger partial charge in [0.15, 0.2) is 0 Å². The van der Waals surface area contributed by atoms with Crippen LogP contribution in [0.4, 0.5) is 0 Å². The van der Waals surface area contributed by atoms with E-state index in [0.717, 1.165) is 11.3 Å². The van der Waals surface area contributed by atoms with Crippen LogP contribution in [0.1, 0.15) is 19.8 Å². The molecule has 0 aromatic rings. The molecule has 0 atom stereocenters. The third-order valence-corrected chi connectivity index (χ3v) is 2.05. The van der Waals surface area contributed by atoms with E-state index in [1.54, 1.807) is 0 Å². The fourth-order valence-electron chi connectivity index (χ4n) is 0.455. The van der Waals surface area contributed by atoms with E-state index in [4.69, 9.17) is 22.0 Å². The number of hydrogen-bond donors (Lipinski definition) is 2. The van der Waals surface area contributed by atoms with Gasteiger partial charge in [0.05, 0.1) is 6.61 Å². The van der Waals surface area contributed by atoms with Gasteiger partial charge in [-0.25, -0.2) is 4.57 Å². The standard InChI is InChI=1S/C5H11O4PS/c1-2-5(11)3-4-9-10(6,7)8/h2-4H2,1H3,(H2,6,7,8). The molecule has 0 heterocycles. The third kappa shape index (κ3) is 8.10. The molecule has 0 aliphatic carbocycles. The number of phosphoric ester groups is 1. The topological polar surface area (TPSA) is 66.8 Å². The van der Waals surface area contributed by atoms with Crippen molar-refractivity contribution in [2.24, 2.45) is 0 Å². The van der Waals surface area contributed by atoms with Gasteiger partial charge in [0, 0.05) is 6.42 Å². The lowest BCUT2D eigenvalue weighted by Crippen LogP contribution is -1.99. The molecule has 2 N–H and O–H groups in total. The Morgan fingerprint density at radius 2 is 2.18 bits per heavy atom. The van der Waals surface area contributed by atoms with Crippen LogP contribution in [0.5, 0.6) is 0 Å². The van der Waals surface area contributed by atoms with E-state index in [0.29, 0.717) is 6.42 Å². The van der Waals surface area contributed by atoms with E-state index in [-0.39, 0.29) is 6.61 Å². The lowest BCUT2D eigenvalue weighted by atomic mass is 10.3. The Bertz CT molecular complexity index is 175. The Hall–Kier alpha value is 0.200. The molecule has 0 aromatic carbocycles. The molecule has 0 saturated heterocycles. The molecule has 11 heavy (non-hydrogen) atoms. The summed E-state index contributed by atoms with van der Waals surface area (Å²) >= 11 is 4.81. The van der Waals surface area contributed by atoms with E-state index in [1.807, 2.05) is 6.92 Å². The summed E-state index contributed by atoms with van der Waals surface area (Å²) in [7, 11) is -4.29. The molecular weight excluding hydrogens is 187 g/mol. The van der Waals surface area contributed by atoms with Crippen LogP contribution in [0.25, 0.3) is 0 Å². The Balaban J connectivity index is 3.43. The Kier molecular flexibility index (Phi) is 5.04.